The highest BCUT2D eigenvalue weighted by molar-refractivity contribution is 5.77. The lowest BCUT2D eigenvalue weighted by Crippen LogP contribution is -2.49. The molecule has 0 unspecified atom stereocenters. The van der Waals surface area contributed by atoms with Gasteiger partial charge >= 0.3 is 0 Å². The van der Waals surface area contributed by atoms with Crippen LogP contribution in [0.1, 0.15) is 20.3 Å². The fraction of sp³-hybridized carbons (Fsp3) is 0.889. The first-order valence-corrected chi connectivity index (χ1v) is 4.46. The van der Waals surface area contributed by atoms with Crippen LogP contribution in [0.15, 0.2) is 0 Å². The first kappa shape index (κ1) is 10.5. The summed E-state index contributed by atoms with van der Waals surface area (Å²) in [6.45, 7) is 5.06. The zero-order valence-electron chi connectivity index (χ0n) is 8.42. The maximum Gasteiger partial charge on any atom is 0.223 e. The van der Waals surface area contributed by atoms with Crippen LogP contribution in [0.3, 0.4) is 0 Å². The summed E-state index contributed by atoms with van der Waals surface area (Å²) in [6.07, 6.45) is 0.389. The zero-order chi connectivity index (χ0) is 9.90. The third kappa shape index (κ3) is 3.32. The van der Waals surface area contributed by atoms with E-state index in [0.717, 1.165) is 0 Å². The van der Waals surface area contributed by atoms with E-state index in [1.165, 1.54) is 0 Å². The van der Waals surface area contributed by atoms with Gasteiger partial charge in [0.15, 0.2) is 0 Å². The van der Waals surface area contributed by atoms with Gasteiger partial charge in [0.05, 0.1) is 31.3 Å². The first-order valence-electron chi connectivity index (χ1n) is 4.46. The molecule has 1 amide bonds. The van der Waals surface area contributed by atoms with Gasteiger partial charge in [0.1, 0.15) is 0 Å². The predicted octanol–water partition coefficient (Wildman–Crippen LogP) is 0.316. The Kier molecular flexibility index (Phi) is 3.27. The van der Waals surface area contributed by atoms with Crippen molar-refractivity contribution in [1.82, 2.24) is 5.32 Å². The highest BCUT2D eigenvalue weighted by atomic mass is 16.5. The average Bonchev–Trinajstić information content (AvgIpc) is 1.96. The summed E-state index contributed by atoms with van der Waals surface area (Å²) in [5, 5.41) is 2.86. The van der Waals surface area contributed by atoms with E-state index < -0.39 is 0 Å². The smallest absolute Gasteiger partial charge is 0.223 e. The Labute approximate surface area is 78.6 Å². The Morgan fingerprint density at radius 3 is 2.62 bits per heavy atom. The van der Waals surface area contributed by atoms with Crippen LogP contribution in [0.25, 0.3) is 0 Å². The molecular formula is C9H17NO3. The Balaban J connectivity index is 2.23. The largest absolute Gasteiger partial charge is 0.378 e. The van der Waals surface area contributed by atoms with Crippen molar-refractivity contribution in [2.45, 2.75) is 31.9 Å². The number of carbonyl (C=O) groups is 1. The van der Waals surface area contributed by atoms with Gasteiger partial charge in [0.2, 0.25) is 5.91 Å². The van der Waals surface area contributed by atoms with Crippen molar-refractivity contribution in [3.8, 4) is 0 Å². The second kappa shape index (κ2) is 4.07. The van der Waals surface area contributed by atoms with E-state index in [9.17, 15) is 4.79 Å². The van der Waals surface area contributed by atoms with E-state index in [4.69, 9.17) is 9.47 Å². The second-order valence-corrected chi connectivity index (χ2v) is 3.94. The number of hydrogen-bond donors (Lipinski definition) is 1. The highest BCUT2D eigenvalue weighted by Gasteiger charge is 2.25. The number of methoxy groups -OCH3 is 1. The number of hydrogen-bond acceptors (Lipinski definition) is 3. The molecule has 1 aliphatic heterocycles. The molecule has 0 bridgehead atoms. The van der Waals surface area contributed by atoms with Crippen LogP contribution < -0.4 is 5.32 Å². The molecule has 0 spiro atoms. The van der Waals surface area contributed by atoms with E-state index in [1.807, 2.05) is 13.8 Å². The molecule has 1 N–H and O–H groups in total. The van der Waals surface area contributed by atoms with Crippen molar-refractivity contribution in [2.24, 2.45) is 0 Å². The Bertz CT molecular complexity index is 187. The van der Waals surface area contributed by atoms with Crippen LogP contribution in [0.5, 0.6) is 0 Å². The van der Waals surface area contributed by atoms with Crippen molar-refractivity contribution < 1.29 is 14.3 Å². The van der Waals surface area contributed by atoms with E-state index in [2.05, 4.69) is 5.32 Å². The summed E-state index contributed by atoms with van der Waals surface area (Å²) in [5.74, 6) is 0.0279. The van der Waals surface area contributed by atoms with Gasteiger partial charge in [0, 0.05) is 7.11 Å². The third-order valence-corrected chi connectivity index (χ3v) is 2.14. The van der Waals surface area contributed by atoms with Gasteiger partial charge < -0.3 is 14.8 Å². The fourth-order valence-electron chi connectivity index (χ4n) is 1.06. The molecule has 0 aliphatic carbocycles. The molecular weight excluding hydrogens is 170 g/mol. The molecule has 4 heteroatoms. The molecule has 0 aromatic carbocycles. The molecule has 0 atom stereocenters. The van der Waals surface area contributed by atoms with Gasteiger partial charge in [-0.3, -0.25) is 4.79 Å². The van der Waals surface area contributed by atoms with Crippen molar-refractivity contribution >= 4 is 5.91 Å². The highest BCUT2D eigenvalue weighted by Crippen LogP contribution is 2.13. The Hall–Kier alpha value is -0.610. The standard InChI is InChI=1S/C9H17NO3/c1-9(2,12-3)4-8(11)10-7-5-13-6-7/h7H,4-6H2,1-3H3,(H,10,11). The molecule has 76 valence electrons. The molecule has 1 saturated heterocycles. The Morgan fingerprint density at radius 1 is 1.62 bits per heavy atom. The summed E-state index contributed by atoms with van der Waals surface area (Å²) >= 11 is 0. The van der Waals surface area contributed by atoms with Gasteiger partial charge in [-0.05, 0) is 13.8 Å². The second-order valence-electron chi connectivity index (χ2n) is 3.94. The number of carbonyl (C=O) groups excluding carboxylic acids is 1. The van der Waals surface area contributed by atoms with Gasteiger partial charge in [0.25, 0.3) is 0 Å². The van der Waals surface area contributed by atoms with Crippen LogP contribution in [-0.2, 0) is 14.3 Å². The lowest BCUT2D eigenvalue weighted by atomic mass is 10.0. The van der Waals surface area contributed by atoms with Crippen LogP contribution in [0, 0.1) is 0 Å². The first-order chi connectivity index (χ1) is 6.03. The molecule has 1 heterocycles. The third-order valence-electron chi connectivity index (χ3n) is 2.14. The van der Waals surface area contributed by atoms with Crippen molar-refractivity contribution in [1.29, 1.82) is 0 Å². The topological polar surface area (TPSA) is 47.6 Å². The Morgan fingerprint density at radius 2 is 2.23 bits per heavy atom. The van der Waals surface area contributed by atoms with Crippen LogP contribution in [-0.4, -0.2) is 37.9 Å². The molecule has 0 saturated carbocycles. The minimum Gasteiger partial charge on any atom is -0.378 e. The lowest BCUT2D eigenvalue weighted by Gasteiger charge is -2.29. The monoisotopic (exact) mass is 187 g/mol. The number of amides is 1. The van der Waals surface area contributed by atoms with Crippen LogP contribution in [0.4, 0.5) is 0 Å². The molecule has 1 fully saturated rings. The van der Waals surface area contributed by atoms with Gasteiger partial charge in [-0.15, -0.1) is 0 Å². The van der Waals surface area contributed by atoms with Gasteiger partial charge in [-0.1, -0.05) is 0 Å². The number of nitrogens with one attached hydrogen (secondary N) is 1. The molecule has 0 aromatic heterocycles. The molecule has 4 nitrogen and oxygen atoms in total. The number of rotatable bonds is 4. The summed E-state index contributed by atoms with van der Waals surface area (Å²) in [5.41, 5.74) is -0.380. The van der Waals surface area contributed by atoms with E-state index in [1.54, 1.807) is 7.11 Å². The van der Waals surface area contributed by atoms with Gasteiger partial charge in [-0.25, -0.2) is 0 Å². The summed E-state index contributed by atoms with van der Waals surface area (Å²) in [7, 11) is 1.61. The summed E-state index contributed by atoms with van der Waals surface area (Å²) in [6, 6.07) is 0.208. The van der Waals surface area contributed by atoms with Crippen molar-refractivity contribution in [2.75, 3.05) is 20.3 Å². The number of ether oxygens (including phenoxy) is 2. The van der Waals surface area contributed by atoms with Crippen LogP contribution in [0.2, 0.25) is 0 Å². The van der Waals surface area contributed by atoms with E-state index in [0.29, 0.717) is 19.6 Å². The van der Waals surface area contributed by atoms with Gasteiger partial charge in [-0.2, -0.15) is 0 Å². The maximum absolute atomic E-state index is 11.4. The maximum atomic E-state index is 11.4. The summed E-state index contributed by atoms with van der Waals surface area (Å²) < 4.78 is 10.1. The minimum atomic E-state index is -0.380. The summed E-state index contributed by atoms with van der Waals surface area (Å²) in [4.78, 5) is 11.4. The van der Waals surface area contributed by atoms with E-state index in [-0.39, 0.29) is 17.6 Å². The van der Waals surface area contributed by atoms with Crippen LogP contribution >= 0.6 is 0 Å². The molecule has 1 rings (SSSR count). The normalized spacial score (nSPS) is 18.1. The fourth-order valence-corrected chi connectivity index (χ4v) is 1.06. The van der Waals surface area contributed by atoms with Crippen molar-refractivity contribution in [3.05, 3.63) is 0 Å². The zero-order valence-corrected chi connectivity index (χ0v) is 8.42. The SMILES string of the molecule is COC(C)(C)CC(=O)NC1COC1. The molecule has 0 aromatic rings. The van der Waals surface area contributed by atoms with E-state index >= 15 is 0 Å². The molecule has 0 radical (unpaired) electrons. The minimum absolute atomic E-state index is 0.0279. The molecule has 1 aliphatic rings. The molecule has 13 heavy (non-hydrogen) atoms. The lowest BCUT2D eigenvalue weighted by molar-refractivity contribution is -0.130. The predicted molar refractivity (Wildman–Crippen MR) is 48.5 cm³/mol. The quantitative estimate of drug-likeness (QED) is 0.689. The van der Waals surface area contributed by atoms with Crippen molar-refractivity contribution in [3.63, 3.8) is 0 Å². The average molecular weight is 187 g/mol.